The highest BCUT2D eigenvalue weighted by Gasteiger charge is 2.14. The van der Waals surface area contributed by atoms with E-state index in [9.17, 15) is 0 Å². The molecular formula is C17H18O2. The molecule has 3 rings (SSSR count). The Kier molecular flexibility index (Phi) is 3.80. The van der Waals surface area contributed by atoms with Crippen LogP contribution in [0, 0.1) is 0 Å². The highest BCUT2D eigenvalue weighted by molar-refractivity contribution is 5.63. The predicted octanol–water partition coefficient (Wildman–Crippen LogP) is 4.26. The van der Waals surface area contributed by atoms with E-state index in [1.165, 1.54) is 17.5 Å². The first kappa shape index (κ1) is 12.2. The molecule has 1 saturated heterocycles. The first-order valence-electron chi connectivity index (χ1n) is 6.85. The molecule has 2 nitrogen and oxygen atoms in total. The Bertz CT molecular complexity index is 499. The van der Waals surface area contributed by atoms with Crippen LogP contribution in [0.25, 0.3) is 11.1 Å². The van der Waals surface area contributed by atoms with E-state index in [0.29, 0.717) is 0 Å². The van der Waals surface area contributed by atoms with E-state index < -0.39 is 0 Å². The molecule has 98 valence electrons. The standard InChI is InChI=1S/C17H18O2/c1-2-6-14(7-3-1)15-9-11-16(12-10-15)19-17-8-4-5-13-18-17/h1-3,6-7,9-12,17H,4-5,8,13H2. The summed E-state index contributed by atoms with van der Waals surface area (Å²) in [6.07, 6.45) is 3.25. The largest absolute Gasteiger partial charge is 0.465 e. The van der Waals surface area contributed by atoms with Crippen LogP contribution in [0.3, 0.4) is 0 Å². The average Bonchev–Trinajstić information content (AvgIpc) is 2.50. The van der Waals surface area contributed by atoms with Crippen LogP contribution in [0.5, 0.6) is 5.75 Å². The fourth-order valence-corrected chi connectivity index (χ4v) is 2.31. The van der Waals surface area contributed by atoms with Crippen LogP contribution in [-0.4, -0.2) is 12.9 Å². The number of rotatable bonds is 3. The van der Waals surface area contributed by atoms with Crippen molar-refractivity contribution in [1.82, 2.24) is 0 Å². The van der Waals surface area contributed by atoms with E-state index in [4.69, 9.17) is 9.47 Å². The third-order valence-electron chi connectivity index (χ3n) is 3.37. The van der Waals surface area contributed by atoms with Crippen molar-refractivity contribution in [2.75, 3.05) is 6.61 Å². The summed E-state index contributed by atoms with van der Waals surface area (Å²) >= 11 is 0. The Balaban J connectivity index is 1.68. The van der Waals surface area contributed by atoms with Crippen molar-refractivity contribution in [2.24, 2.45) is 0 Å². The molecule has 1 unspecified atom stereocenters. The van der Waals surface area contributed by atoms with E-state index in [1.54, 1.807) is 0 Å². The summed E-state index contributed by atoms with van der Waals surface area (Å²) in [6, 6.07) is 18.6. The van der Waals surface area contributed by atoms with E-state index >= 15 is 0 Å². The second-order valence-corrected chi connectivity index (χ2v) is 4.80. The van der Waals surface area contributed by atoms with Gasteiger partial charge in [-0.25, -0.2) is 0 Å². The first-order chi connectivity index (χ1) is 9.42. The van der Waals surface area contributed by atoms with Crippen LogP contribution in [-0.2, 0) is 4.74 Å². The highest BCUT2D eigenvalue weighted by Crippen LogP contribution is 2.24. The summed E-state index contributed by atoms with van der Waals surface area (Å²) in [4.78, 5) is 0. The van der Waals surface area contributed by atoms with Gasteiger partial charge in [0.1, 0.15) is 5.75 Å². The van der Waals surface area contributed by atoms with Crippen molar-refractivity contribution in [1.29, 1.82) is 0 Å². The lowest BCUT2D eigenvalue weighted by atomic mass is 10.1. The van der Waals surface area contributed by atoms with E-state index in [2.05, 4.69) is 36.4 Å². The minimum atomic E-state index is -0.0728. The van der Waals surface area contributed by atoms with Crippen LogP contribution >= 0.6 is 0 Å². The summed E-state index contributed by atoms with van der Waals surface area (Å²) in [6.45, 7) is 0.812. The van der Waals surface area contributed by atoms with Crippen molar-refractivity contribution in [3.63, 3.8) is 0 Å². The molecule has 0 N–H and O–H groups in total. The maximum atomic E-state index is 5.82. The van der Waals surface area contributed by atoms with Crippen molar-refractivity contribution in [3.05, 3.63) is 54.6 Å². The molecule has 1 fully saturated rings. The molecule has 1 atom stereocenters. The molecule has 0 saturated carbocycles. The fraction of sp³-hybridized carbons (Fsp3) is 0.294. The zero-order chi connectivity index (χ0) is 12.9. The van der Waals surface area contributed by atoms with Crippen molar-refractivity contribution in [3.8, 4) is 16.9 Å². The normalized spacial score (nSPS) is 19.1. The average molecular weight is 254 g/mol. The molecule has 2 aromatic rings. The maximum Gasteiger partial charge on any atom is 0.199 e. The Morgan fingerprint density at radius 1 is 0.842 bits per heavy atom. The van der Waals surface area contributed by atoms with Gasteiger partial charge in [-0.2, -0.15) is 0 Å². The van der Waals surface area contributed by atoms with Gasteiger partial charge in [0.15, 0.2) is 6.29 Å². The Hall–Kier alpha value is -1.80. The van der Waals surface area contributed by atoms with Gasteiger partial charge in [-0.3, -0.25) is 0 Å². The van der Waals surface area contributed by atoms with Gasteiger partial charge in [-0.15, -0.1) is 0 Å². The molecular weight excluding hydrogens is 236 g/mol. The van der Waals surface area contributed by atoms with E-state index in [-0.39, 0.29) is 6.29 Å². The van der Waals surface area contributed by atoms with Gasteiger partial charge in [0.2, 0.25) is 0 Å². The second-order valence-electron chi connectivity index (χ2n) is 4.80. The molecule has 0 spiro atoms. The predicted molar refractivity (Wildman–Crippen MR) is 76.1 cm³/mol. The van der Waals surface area contributed by atoms with Gasteiger partial charge < -0.3 is 9.47 Å². The number of hydrogen-bond acceptors (Lipinski definition) is 2. The summed E-state index contributed by atoms with van der Waals surface area (Å²) in [5, 5.41) is 0. The molecule has 0 bridgehead atoms. The Morgan fingerprint density at radius 2 is 1.58 bits per heavy atom. The van der Waals surface area contributed by atoms with Gasteiger partial charge in [-0.1, -0.05) is 42.5 Å². The SMILES string of the molecule is c1ccc(-c2ccc(OC3CCCCO3)cc2)cc1. The summed E-state index contributed by atoms with van der Waals surface area (Å²) in [5.41, 5.74) is 2.43. The van der Waals surface area contributed by atoms with Crippen LogP contribution in [0.15, 0.2) is 54.6 Å². The molecule has 1 aliphatic heterocycles. The topological polar surface area (TPSA) is 18.5 Å². The summed E-state index contributed by atoms with van der Waals surface area (Å²) in [5.74, 6) is 0.881. The lowest BCUT2D eigenvalue weighted by Crippen LogP contribution is -2.24. The molecule has 0 aromatic heterocycles. The molecule has 1 aliphatic rings. The van der Waals surface area contributed by atoms with E-state index in [1.807, 2.05) is 18.2 Å². The van der Waals surface area contributed by atoms with Crippen LogP contribution in [0.4, 0.5) is 0 Å². The minimum absolute atomic E-state index is 0.0728. The van der Waals surface area contributed by atoms with E-state index in [0.717, 1.165) is 25.2 Å². The molecule has 0 amide bonds. The zero-order valence-corrected chi connectivity index (χ0v) is 10.9. The third-order valence-corrected chi connectivity index (χ3v) is 3.37. The van der Waals surface area contributed by atoms with Gasteiger partial charge in [0.25, 0.3) is 0 Å². The van der Waals surface area contributed by atoms with Crippen molar-refractivity contribution < 1.29 is 9.47 Å². The molecule has 0 radical (unpaired) electrons. The van der Waals surface area contributed by atoms with Gasteiger partial charge in [0, 0.05) is 6.42 Å². The molecule has 1 heterocycles. The number of benzene rings is 2. The van der Waals surface area contributed by atoms with Crippen LogP contribution in [0.2, 0.25) is 0 Å². The smallest absolute Gasteiger partial charge is 0.199 e. The first-order valence-corrected chi connectivity index (χ1v) is 6.85. The highest BCUT2D eigenvalue weighted by atomic mass is 16.7. The van der Waals surface area contributed by atoms with Gasteiger partial charge >= 0.3 is 0 Å². The lowest BCUT2D eigenvalue weighted by molar-refractivity contribution is -0.105. The third kappa shape index (κ3) is 3.15. The maximum absolute atomic E-state index is 5.82. The zero-order valence-electron chi connectivity index (χ0n) is 10.9. The lowest BCUT2D eigenvalue weighted by Gasteiger charge is -2.23. The number of hydrogen-bond donors (Lipinski definition) is 0. The quantitative estimate of drug-likeness (QED) is 0.814. The summed E-state index contributed by atoms with van der Waals surface area (Å²) in [7, 11) is 0. The van der Waals surface area contributed by atoms with Gasteiger partial charge in [-0.05, 0) is 36.1 Å². The molecule has 19 heavy (non-hydrogen) atoms. The van der Waals surface area contributed by atoms with Crippen molar-refractivity contribution >= 4 is 0 Å². The van der Waals surface area contributed by atoms with Crippen LogP contribution < -0.4 is 4.74 Å². The molecule has 2 aromatic carbocycles. The van der Waals surface area contributed by atoms with Gasteiger partial charge in [0.05, 0.1) is 6.61 Å². The van der Waals surface area contributed by atoms with Crippen molar-refractivity contribution in [2.45, 2.75) is 25.6 Å². The Morgan fingerprint density at radius 3 is 2.26 bits per heavy atom. The van der Waals surface area contributed by atoms with Crippen LogP contribution in [0.1, 0.15) is 19.3 Å². The second kappa shape index (κ2) is 5.89. The molecule has 0 aliphatic carbocycles. The number of ether oxygens (including phenoxy) is 2. The Labute approximate surface area is 114 Å². The molecule has 2 heteroatoms. The monoisotopic (exact) mass is 254 g/mol. The minimum Gasteiger partial charge on any atom is -0.465 e. The summed E-state index contributed by atoms with van der Waals surface area (Å²) < 4.78 is 11.4. The fourth-order valence-electron chi connectivity index (χ4n) is 2.31.